The number of hydrogen-bond acceptors (Lipinski definition) is 7. The summed E-state index contributed by atoms with van der Waals surface area (Å²) >= 11 is 0. The van der Waals surface area contributed by atoms with Gasteiger partial charge in [0.15, 0.2) is 5.82 Å². The number of nitrogens with two attached hydrogens (primary N) is 1. The van der Waals surface area contributed by atoms with Gasteiger partial charge in [-0.25, -0.2) is 9.37 Å². The molecule has 31 heavy (non-hydrogen) atoms. The second-order valence-corrected chi connectivity index (χ2v) is 6.76. The molecule has 0 saturated carbocycles. The van der Waals surface area contributed by atoms with Crippen molar-refractivity contribution in [1.29, 1.82) is 0 Å². The molecule has 0 aliphatic rings. The first-order valence-electron chi connectivity index (χ1n) is 9.44. The van der Waals surface area contributed by atoms with E-state index in [0.717, 1.165) is 5.56 Å². The molecule has 3 heterocycles. The number of ether oxygens (including phenoxy) is 2. The molecule has 0 saturated heterocycles. The molecule has 0 fully saturated rings. The highest BCUT2D eigenvalue weighted by atomic mass is 19.1. The van der Waals surface area contributed by atoms with E-state index in [0.29, 0.717) is 39.6 Å². The van der Waals surface area contributed by atoms with Crippen molar-refractivity contribution >= 4 is 22.4 Å². The van der Waals surface area contributed by atoms with Crippen molar-refractivity contribution in [2.45, 2.75) is 6.92 Å². The number of methoxy groups -OCH3 is 1. The number of nitrogens with one attached hydrogen (secondary N) is 1. The van der Waals surface area contributed by atoms with Crippen LogP contribution < -0.4 is 26.1 Å². The van der Waals surface area contributed by atoms with Crippen LogP contribution in [0.5, 0.6) is 17.4 Å². The molecule has 0 amide bonds. The van der Waals surface area contributed by atoms with Crippen LogP contribution in [0.2, 0.25) is 0 Å². The number of benzene rings is 1. The molecule has 0 spiro atoms. The number of halogens is 1. The number of nitrogens with zero attached hydrogens (tertiary/aromatic N) is 4. The highest BCUT2D eigenvalue weighted by molar-refractivity contribution is 5.90. The van der Waals surface area contributed by atoms with Gasteiger partial charge in [0.05, 0.1) is 18.8 Å². The predicted octanol–water partition coefficient (Wildman–Crippen LogP) is 3.67. The number of aromatic nitrogens is 3. The van der Waals surface area contributed by atoms with Crippen LogP contribution >= 0.6 is 0 Å². The lowest BCUT2D eigenvalue weighted by molar-refractivity contribution is 0.399. The van der Waals surface area contributed by atoms with E-state index >= 15 is 0 Å². The fraction of sp³-hybridized carbons (Fsp3) is 0.136. The molecular formula is C22H21FN6O2. The topological polar surface area (TPSA) is 99.6 Å². The Labute approximate surface area is 177 Å². The molecule has 0 radical (unpaired) electrons. The van der Waals surface area contributed by atoms with Crippen molar-refractivity contribution < 1.29 is 13.9 Å². The van der Waals surface area contributed by atoms with E-state index in [-0.39, 0.29) is 5.69 Å². The van der Waals surface area contributed by atoms with Gasteiger partial charge in [0.1, 0.15) is 28.2 Å². The Morgan fingerprint density at radius 1 is 1.16 bits per heavy atom. The van der Waals surface area contributed by atoms with E-state index in [1.165, 1.54) is 18.0 Å². The summed E-state index contributed by atoms with van der Waals surface area (Å²) in [6, 6.07) is 12.4. The van der Waals surface area contributed by atoms with Crippen molar-refractivity contribution in [3.8, 4) is 17.4 Å². The van der Waals surface area contributed by atoms with E-state index in [2.05, 4.69) is 20.3 Å². The van der Waals surface area contributed by atoms with Crippen molar-refractivity contribution in [2.24, 2.45) is 4.99 Å². The highest BCUT2D eigenvalue weighted by Gasteiger charge is 2.13. The lowest BCUT2D eigenvalue weighted by atomic mass is 10.2. The Morgan fingerprint density at radius 3 is 2.74 bits per heavy atom. The zero-order valence-corrected chi connectivity index (χ0v) is 17.3. The average Bonchev–Trinajstić information content (AvgIpc) is 2.78. The van der Waals surface area contributed by atoms with Gasteiger partial charge in [0.25, 0.3) is 0 Å². The SMILES string of the molecule is CN=c1cc(Oc2ccc(Nc3c(F)cnc4ccc(OC)nc34)cc2C)ccn1N. The minimum Gasteiger partial charge on any atom is -0.481 e. The quantitative estimate of drug-likeness (QED) is 0.478. The summed E-state index contributed by atoms with van der Waals surface area (Å²) in [6.07, 6.45) is 2.83. The zero-order valence-electron chi connectivity index (χ0n) is 17.3. The fourth-order valence-corrected chi connectivity index (χ4v) is 3.10. The first kappa shape index (κ1) is 20.1. The smallest absolute Gasteiger partial charge is 0.213 e. The second kappa shape index (κ2) is 8.31. The maximum atomic E-state index is 14.6. The molecule has 0 unspecified atom stereocenters. The molecule has 0 atom stereocenters. The maximum absolute atomic E-state index is 14.6. The number of fused-ring (bicyclic) bond motifs is 1. The number of rotatable bonds is 5. The maximum Gasteiger partial charge on any atom is 0.213 e. The lowest BCUT2D eigenvalue weighted by Gasteiger charge is -2.14. The third-order valence-corrected chi connectivity index (χ3v) is 4.69. The standard InChI is InChI=1S/C22H21FN6O2/c1-13-10-14(4-6-18(13)31-15-8-9-29(24)19(11-15)25-2)27-21-16(23)12-26-17-5-7-20(30-3)28-22(17)21/h4-12H,24H2,1-3H3,(H,26,27). The van der Waals surface area contributed by atoms with Gasteiger partial charge in [-0.2, -0.15) is 0 Å². The second-order valence-electron chi connectivity index (χ2n) is 6.76. The van der Waals surface area contributed by atoms with Crippen molar-refractivity contribution in [3.63, 3.8) is 0 Å². The van der Waals surface area contributed by atoms with E-state index in [1.807, 2.05) is 13.0 Å². The molecule has 4 aromatic rings. The molecule has 1 aromatic carbocycles. The number of anilines is 2. The molecule has 3 N–H and O–H groups in total. The number of hydrogen-bond donors (Lipinski definition) is 2. The number of aryl methyl sites for hydroxylation is 1. The summed E-state index contributed by atoms with van der Waals surface area (Å²) < 4.78 is 27.1. The normalized spacial score (nSPS) is 11.5. The van der Waals surface area contributed by atoms with Crippen molar-refractivity contribution in [1.82, 2.24) is 14.6 Å². The third-order valence-electron chi connectivity index (χ3n) is 4.69. The first-order chi connectivity index (χ1) is 15.0. The zero-order chi connectivity index (χ0) is 22.0. The van der Waals surface area contributed by atoms with Crippen LogP contribution in [0.15, 0.2) is 59.9 Å². The molecule has 0 aliphatic carbocycles. The molecule has 158 valence electrons. The molecule has 4 rings (SSSR count). The first-order valence-corrected chi connectivity index (χ1v) is 9.44. The van der Waals surface area contributed by atoms with Gasteiger partial charge in [0.2, 0.25) is 5.88 Å². The fourth-order valence-electron chi connectivity index (χ4n) is 3.10. The predicted molar refractivity (Wildman–Crippen MR) is 117 cm³/mol. The highest BCUT2D eigenvalue weighted by Crippen LogP contribution is 2.31. The van der Waals surface area contributed by atoms with Gasteiger partial charge in [-0.15, -0.1) is 0 Å². The number of pyridine rings is 3. The summed E-state index contributed by atoms with van der Waals surface area (Å²) in [5.74, 6) is 6.92. The molecule has 0 bridgehead atoms. The van der Waals surface area contributed by atoms with Crippen LogP contribution in [0, 0.1) is 12.7 Å². The van der Waals surface area contributed by atoms with E-state index < -0.39 is 5.82 Å². The van der Waals surface area contributed by atoms with Crippen LogP contribution in [0.25, 0.3) is 11.0 Å². The van der Waals surface area contributed by atoms with Gasteiger partial charge < -0.3 is 20.6 Å². The Bertz CT molecular complexity index is 1340. The van der Waals surface area contributed by atoms with Gasteiger partial charge in [-0.05, 0) is 42.8 Å². The molecule has 3 aromatic heterocycles. The molecule has 0 aliphatic heterocycles. The third kappa shape index (κ3) is 4.11. The van der Waals surface area contributed by atoms with Crippen LogP contribution in [0.4, 0.5) is 15.8 Å². The van der Waals surface area contributed by atoms with Gasteiger partial charge >= 0.3 is 0 Å². The van der Waals surface area contributed by atoms with Crippen LogP contribution in [0.1, 0.15) is 5.56 Å². The largest absolute Gasteiger partial charge is 0.481 e. The summed E-state index contributed by atoms with van der Waals surface area (Å²) in [5.41, 5.74) is 3.28. The van der Waals surface area contributed by atoms with Gasteiger partial charge in [0, 0.05) is 31.1 Å². The molecule has 9 heteroatoms. The van der Waals surface area contributed by atoms with E-state index in [1.54, 1.807) is 49.6 Å². The Balaban J connectivity index is 1.64. The van der Waals surface area contributed by atoms with Crippen LogP contribution in [-0.4, -0.2) is 28.8 Å². The average molecular weight is 420 g/mol. The lowest BCUT2D eigenvalue weighted by Crippen LogP contribution is -2.26. The Kier molecular flexibility index (Phi) is 5.40. The van der Waals surface area contributed by atoms with Crippen LogP contribution in [0.3, 0.4) is 0 Å². The summed E-state index contributed by atoms with van der Waals surface area (Å²) in [6.45, 7) is 1.90. The summed E-state index contributed by atoms with van der Waals surface area (Å²) in [7, 11) is 3.16. The molecule has 8 nitrogen and oxygen atoms in total. The number of nitrogen functional groups attached to an aromatic ring is 1. The van der Waals surface area contributed by atoms with Gasteiger partial charge in [-0.3, -0.25) is 14.7 Å². The summed E-state index contributed by atoms with van der Waals surface area (Å²) in [4.78, 5) is 12.5. The Hall–Kier alpha value is -4.14. The van der Waals surface area contributed by atoms with Crippen molar-refractivity contribution in [2.75, 3.05) is 25.3 Å². The van der Waals surface area contributed by atoms with Crippen molar-refractivity contribution in [3.05, 3.63) is 71.7 Å². The monoisotopic (exact) mass is 420 g/mol. The van der Waals surface area contributed by atoms with Gasteiger partial charge in [-0.1, -0.05) is 0 Å². The van der Waals surface area contributed by atoms with E-state index in [9.17, 15) is 4.39 Å². The van der Waals surface area contributed by atoms with E-state index in [4.69, 9.17) is 15.3 Å². The minimum absolute atomic E-state index is 0.224. The molecular weight excluding hydrogens is 399 g/mol. The minimum atomic E-state index is -0.513. The van der Waals surface area contributed by atoms with Crippen LogP contribution in [-0.2, 0) is 0 Å². The summed E-state index contributed by atoms with van der Waals surface area (Å²) in [5, 5.41) is 3.10. The Morgan fingerprint density at radius 2 is 2.00 bits per heavy atom.